The van der Waals surface area contributed by atoms with E-state index in [1.165, 1.54) is 6.20 Å². The summed E-state index contributed by atoms with van der Waals surface area (Å²) >= 11 is 0. The van der Waals surface area contributed by atoms with Crippen molar-refractivity contribution in [3.8, 4) is 6.07 Å². The lowest BCUT2D eigenvalue weighted by atomic mass is 9.96. The minimum Gasteiger partial charge on any atom is -0.320 e. The molecule has 1 atom stereocenters. The Labute approximate surface area is 173 Å². The summed E-state index contributed by atoms with van der Waals surface area (Å²) in [6, 6.07) is 11.8. The molecule has 30 heavy (non-hydrogen) atoms. The predicted molar refractivity (Wildman–Crippen MR) is 108 cm³/mol. The van der Waals surface area contributed by atoms with Crippen molar-refractivity contribution in [2.24, 2.45) is 0 Å². The van der Waals surface area contributed by atoms with Crippen LogP contribution in [0.3, 0.4) is 0 Å². The molecular formula is C23H21F2N3O2. The maximum atomic E-state index is 13.6. The van der Waals surface area contributed by atoms with Gasteiger partial charge in [-0.1, -0.05) is 36.4 Å². The summed E-state index contributed by atoms with van der Waals surface area (Å²) in [5, 5.41) is 9.03. The molecule has 2 aromatic rings. The largest absolute Gasteiger partial charge is 0.320 e. The van der Waals surface area contributed by atoms with E-state index in [0.29, 0.717) is 11.1 Å². The highest BCUT2D eigenvalue weighted by atomic mass is 19.3. The van der Waals surface area contributed by atoms with Crippen LogP contribution >= 0.6 is 0 Å². The van der Waals surface area contributed by atoms with Gasteiger partial charge in [0.15, 0.2) is 5.78 Å². The van der Waals surface area contributed by atoms with Crippen LogP contribution in [-0.4, -0.2) is 40.1 Å². The average Bonchev–Trinajstić information content (AvgIpc) is 3.07. The van der Waals surface area contributed by atoms with Crippen LogP contribution in [0, 0.1) is 11.3 Å². The van der Waals surface area contributed by atoms with Crippen molar-refractivity contribution in [3.05, 3.63) is 65.5 Å². The van der Waals surface area contributed by atoms with Gasteiger partial charge >= 0.3 is 0 Å². The van der Waals surface area contributed by atoms with Gasteiger partial charge in [0.25, 0.3) is 5.92 Å². The van der Waals surface area contributed by atoms with Gasteiger partial charge in [0.2, 0.25) is 5.91 Å². The maximum absolute atomic E-state index is 13.6. The Bertz CT molecular complexity index is 1010. The molecule has 1 aromatic heterocycles. The number of likely N-dealkylation sites (tertiary alicyclic amines) is 1. The zero-order chi connectivity index (χ0) is 21.7. The molecule has 0 radical (unpaired) electrons. The molecule has 1 fully saturated rings. The zero-order valence-electron chi connectivity index (χ0n) is 16.5. The summed E-state index contributed by atoms with van der Waals surface area (Å²) in [6.45, 7) is 1.09. The lowest BCUT2D eigenvalue weighted by Crippen LogP contribution is -2.36. The Kier molecular flexibility index (Phi) is 6.36. The van der Waals surface area contributed by atoms with E-state index in [2.05, 4.69) is 4.98 Å². The Morgan fingerprint density at radius 1 is 1.23 bits per heavy atom. The van der Waals surface area contributed by atoms with E-state index in [-0.39, 0.29) is 18.6 Å². The first-order chi connectivity index (χ1) is 14.3. The molecule has 1 aromatic carbocycles. The predicted octanol–water partition coefficient (Wildman–Crippen LogP) is 4.36. The number of benzene rings is 1. The smallest absolute Gasteiger partial charge is 0.268 e. The third-order valence-electron chi connectivity index (χ3n) is 5.03. The van der Waals surface area contributed by atoms with Gasteiger partial charge in [-0.15, -0.1) is 0 Å². The molecule has 7 heteroatoms. The molecule has 0 aliphatic carbocycles. The number of hydrogen-bond donors (Lipinski definition) is 0. The number of nitriles is 1. The third-order valence-corrected chi connectivity index (χ3v) is 5.03. The second-order valence-electron chi connectivity index (χ2n) is 7.31. The van der Waals surface area contributed by atoms with Gasteiger partial charge in [-0.25, -0.2) is 8.78 Å². The Morgan fingerprint density at radius 3 is 2.67 bits per heavy atom. The fourth-order valence-corrected chi connectivity index (χ4v) is 3.52. The number of nitrogens with zero attached hydrogens (tertiary/aromatic N) is 3. The molecule has 5 nitrogen and oxygen atoms in total. The van der Waals surface area contributed by atoms with Gasteiger partial charge in [0.1, 0.15) is 6.04 Å². The number of amides is 1. The molecule has 0 spiro atoms. The Hall–Kier alpha value is -3.40. The molecule has 1 amide bonds. The van der Waals surface area contributed by atoms with Crippen LogP contribution < -0.4 is 0 Å². The number of halogens is 2. The van der Waals surface area contributed by atoms with E-state index in [1.54, 1.807) is 18.3 Å². The van der Waals surface area contributed by atoms with Crippen molar-refractivity contribution < 1.29 is 18.4 Å². The molecule has 0 N–H and O–H groups in total. The van der Waals surface area contributed by atoms with Crippen molar-refractivity contribution in [1.29, 1.82) is 5.26 Å². The monoisotopic (exact) mass is 409 g/mol. The van der Waals surface area contributed by atoms with E-state index in [0.717, 1.165) is 16.0 Å². The number of ketones is 1. The van der Waals surface area contributed by atoms with Crippen LogP contribution in [0.1, 0.15) is 47.7 Å². The van der Waals surface area contributed by atoms with Crippen LogP contribution in [0.25, 0.3) is 11.6 Å². The topological polar surface area (TPSA) is 74.1 Å². The molecule has 2 heterocycles. The van der Waals surface area contributed by atoms with E-state index in [9.17, 15) is 18.4 Å². The van der Waals surface area contributed by atoms with Crippen LogP contribution in [0.2, 0.25) is 0 Å². The summed E-state index contributed by atoms with van der Waals surface area (Å²) in [7, 11) is 0. The molecular weight excluding hydrogens is 388 g/mol. The fraction of sp³-hybridized carbons (Fsp3) is 0.304. The normalized spacial score (nSPS) is 18.1. The van der Waals surface area contributed by atoms with Crippen molar-refractivity contribution in [1.82, 2.24) is 9.88 Å². The Morgan fingerprint density at radius 2 is 1.97 bits per heavy atom. The minimum atomic E-state index is -3.07. The SMILES string of the molecule is C/C(=C\c1ccccc1)c1cnccc1C(=O)CCC(=O)N1CC(F)(F)C[C@H]1C#N. The van der Waals surface area contributed by atoms with E-state index in [4.69, 9.17) is 5.26 Å². The molecule has 0 saturated carbocycles. The highest BCUT2D eigenvalue weighted by Crippen LogP contribution is 2.32. The lowest BCUT2D eigenvalue weighted by molar-refractivity contribution is -0.132. The van der Waals surface area contributed by atoms with Crippen molar-refractivity contribution in [2.75, 3.05) is 6.54 Å². The Balaban J connectivity index is 1.72. The quantitative estimate of drug-likeness (QED) is 0.665. The number of alkyl halides is 2. The third kappa shape index (κ3) is 4.95. The number of carbonyl (C=O) groups excluding carboxylic acids is 2. The first-order valence-electron chi connectivity index (χ1n) is 9.58. The number of rotatable bonds is 6. The number of aromatic nitrogens is 1. The number of pyridine rings is 1. The lowest BCUT2D eigenvalue weighted by Gasteiger charge is -2.19. The van der Waals surface area contributed by atoms with Crippen LogP contribution in [0.4, 0.5) is 8.78 Å². The molecule has 0 bridgehead atoms. The molecule has 1 aliphatic rings. The van der Waals surface area contributed by atoms with Gasteiger partial charge in [-0.3, -0.25) is 14.6 Å². The number of hydrogen-bond acceptors (Lipinski definition) is 4. The first kappa shape index (κ1) is 21.3. The van der Waals surface area contributed by atoms with Crippen molar-refractivity contribution in [2.45, 2.75) is 38.2 Å². The van der Waals surface area contributed by atoms with Gasteiger partial charge in [0, 0.05) is 42.8 Å². The second-order valence-corrected chi connectivity index (χ2v) is 7.31. The molecule has 1 aliphatic heterocycles. The van der Waals surface area contributed by atoms with Crippen LogP contribution in [0.15, 0.2) is 48.8 Å². The number of carbonyl (C=O) groups is 2. The van der Waals surface area contributed by atoms with Crippen LogP contribution in [0.5, 0.6) is 0 Å². The summed E-state index contributed by atoms with van der Waals surface area (Å²) in [5.74, 6) is -3.96. The summed E-state index contributed by atoms with van der Waals surface area (Å²) in [4.78, 5) is 30.1. The average molecular weight is 409 g/mol. The van der Waals surface area contributed by atoms with E-state index >= 15 is 0 Å². The zero-order valence-corrected chi connectivity index (χ0v) is 16.5. The summed E-state index contributed by atoms with van der Waals surface area (Å²) in [5.41, 5.74) is 2.89. The minimum absolute atomic E-state index is 0.130. The van der Waals surface area contributed by atoms with Crippen molar-refractivity contribution >= 4 is 23.3 Å². The highest BCUT2D eigenvalue weighted by molar-refractivity contribution is 6.03. The van der Waals surface area contributed by atoms with E-state index < -0.39 is 30.8 Å². The first-order valence-corrected chi connectivity index (χ1v) is 9.58. The van der Waals surface area contributed by atoms with Gasteiger partial charge in [-0.05, 0) is 24.1 Å². The molecule has 0 unspecified atom stereocenters. The van der Waals surface area contributed by atoms with Gasteiger partial charge in [0.05, 0.1) is 12.6 Å². The molecule has 1 saturated heterocycles. The van der Waals surface area contributed by atoms with E-state index in [1.807, 2.05) is 43.3 Å². The standard InChI is InChI=1S/C23H21F2N3O2/c1-16(11-17-5-3-2-4-6-17)20-14-27-10-9-19(20)21(29)7-8-22(30)28-15-23(24,25)12-18(28)13-26/h2-6,9-11,14,18H,7-8,12,15H2,1H3/b16-11+/t18-/m0/s1. The highest BCUT2D eigenvalue weighted by Gasteiger charge is 2.47. The van der Waals surface area contributed by atoms with Crippen molar-refractivity contribution in [3.63, 3.8) is 0 Å². The number of allylic oxidation sites excluding steroid dienone is 1. The summed E-state index contributed by atoms with van der Waals surface area (Å²) < 4.78 is 27.1. The molecule has 154 valence electrons. The fourth-order valence-electron chi connectivity index (χ4n) is 3.52. The van der Waals surface area contributed by atoms with Gasteiger partial charge < -0.3 is 4.90 Å². The maximum Gasteiger partial charge on any atom is 0.268 e. The second kappa shape index (κ2) is 8.95. The summed E-state index contributed by atoms with van der Waals surface area (Å²) in [6.07, 6.45) is 4.01. The number of Topliss-reactive ketones (excluding diaryl/α,β-unsaturated/α-hetero) is 1. The van der Waals surface area contributed by atoms with Gasteiger partial charge in [-0.2, -0.15) is 5.26 Å². The van der Waals surface area contributed by atoms with Crippen LogP contribution in [-0.2, 0) is 4.79 Å². The molecule has 3 rings (SSSR count).